The van der Waals surface area contributed by atoms with Crippen LogP contribution in [0.4, 0.5) is 17.6 Å². The lowest BCUT2D eigenvalue weighted by atomic mass is 9.75. The Kier molecular flexibility index (Phi) is 3.66. The fraction of sp³-hybridized carbons (Fsp3) is 0.571. The highest BCUT2D eigenvalue weighted by molar-refractivity contribution is 6.62. The van der Waals surface area contributed by atoms with E-state index in [0.717, 1.165) is 6.07 Å². The summed E-state index contributed by atoms with van der Waals surface area (Å²) in [6, 6.07) is 1.39. The highest BCUT2D eigenvalue weighted by atomic mass is 19.4. The van der Waals surface area contributed by atoms with E-state index in [-0.39, 0.29) is 11.0 Å². The lowest BCUT2D eigenvalue weighted by Gasteiger charge is -2.32. The van der Waals surface area contributed by atoms with Gasteiger partial charge in [-0.05, 0) is 52.3 Å². The van der Waals surface area contributed by atoms with Crippen molar-refractivity contribution in [1.82, 2.24) is 0 Å². The molecular weight excluding hydrogens is 287 g/mol. The van der Waals surface area contributed by atoms with Gasteiger partial charge >= 0.3 is 13.3 Å². The molecule has 0 unspecified atom stereocenters. The molecule has 1 fully saturated rings. The van der Waals surface area contributed by atoms with Crippen LogP contribution >= 0.6 is 0 Å². The normalized spacial score (nSPS) is 20.9. The zero-order valence-electron chi connectivity index (χ0n) is 12.6. The second-order valence-electron chi connectivity index (χ2n) is 6.27. The molecule has 0 radical (unpaired) electrons. The van der Waals surface area contributed by atoms with Crippen molar-refractivity contribution < 1.29 is 26.9 Å². The lowest BCUT2D eigenvalue weighted by molar-refractivity contribution is -0.137. The standard InChI is InChI=1S/C14H17BF4O2/c1-8-6-9(14(17,18)19)7-10(16)11(8)15-20-12(2,3)13(4,5)21-15/h6-7H,1-5H3. The van der Waals surface area contributed by atoms with E-state index in [1.54, 1.807) is 27.7 Å². The fourth-order valence-corrected chi connectivity index (χ4v) is 2.18. The van der Waals surface area contributed by atoms with Crippen LogP contribution in [0.5, 0.6) is 0 Å². The predicted molar refractivity (Wildman–Crippen MR) is 71.9 cm³/mol. The zero-order valence-corrected chi connectivity index (χ0v) is 12.6. The summed E-state index contributed by atoms with van der Waals surface area (Å²) >= 11 is 0. The number of aryl methyl sites for hydroxylation is 1. The van der Waals surface area contributed by atoms with E-state index >= 15 is 0 Å². The Morgan fingerprint density at radius 2 is 1.48 bits per heavy atom. The van der Waals surface area contributed by atoms with Gasteiger partial charge in [0.2, 0.25) is 0 Å². The van der Waals surface area contributed by atoms with Crippen molar-refractivity contribution in [2.24, 2.45) is 0 Å². The largest absolute Gasteiger partial charge is 0.498 e. The topological polar surface area (TPSA) is 18.5 Å². The van der Waals surface area contributed by atoms with Crippen LogP contribution < -0.4 is 5.46 Å². The van der Waals surface area contributed by atoms with E-state index in [1.807, 2.05) is 0 Å². The van der Waals surface area contributed by atoms with Gasteiger partial charge in [0.15, 0.2) is 0 Å². The van der Waals surface area contributed by atoms with E-state index < -0.39 is 35.9 Å². The second kappa shape index (κ2) is 4.71. The van der Waals surface area contributed by atoms with Gasteiger partial charge in [-0.3, -0.25) is 0 Å². The Labute approximate surface area is 121 Å². The maximum absolute atomic E-state index is 14.1. The van der Waals surface area contributed by atoms with Crippen molar-refractivity contribution in [2.75, 3.05) is 0 Å². The summed E-state index contributed by atoms with van der Waals surface area (Å²) in [5.41, 5.74) is -2.21. The predicted octanol–water partition coefficient (Wildman–Crippen LogP) is 3.45. The third-order valence-corrected chi connectivity index (χ3v) is 4.15. The summed E-state index contributed by atoms with van der Waals surface area (Å²) in [5, 5.41) is 0. The maximum Gasteiger partial charge on any atom is 0.498 e. The zero-order chi connectivity index (χ0) is 16.2. The summed E-state index contributed by atoms with van der Waals surface area (Å²) in [5.74, 6) is -0.971. The number of rotatable bonds is 1. The van der Waals surface area contributed by atoms with Gasteiger partial charge < -0.3 is 9.31 Å². The molecule has 1 saturated heterocycles. The van der Waals surface area contributed by atoms with E-state index in [0.29, 0.717) is 6.07 Å². The first-order valence-electron chi connectivity index (χ1n) is 6.58. The van der Waals surface area contributed by atoms with Crippen molar-refractivity contribution in [2.45, 2.75) is 52.0 Å². The first kappa shape index (κ1) is 16.3. The minimum atomic E-state index is -4.58. The van der Waals surface area contributed by atoms with Crippen LogP contribution in [0, 0.1) is 12.7 Å². The highest BCUT2D eigenvalue weighted by Crippen LogP contribution is 2.37. The van der Waals surface area contributed by atoms with E-state index in [4.69, 9.17) is 9.31 Å². The van der Waals surface area contributed by atoms with Crippen molar-refractivity contribution in [3.63, 3.8) is 0 Å². The van der Waals surface area contributed by atoms with Crippen LogP contribution in [-0.2, 0) is 15.5 Å². The van der Waals surface area contributed by atoms with Gasteiger partial charge in [-0.25, -0.2) is 4.39 Å². The van der Waals surface area contributed by atoms with Gasteiger partial charge in [0.05, 0.1) is 16.8 Å². The third-order valence-electron chi connectivity index (χ3n) is 4.15. The van der Waals surface area contributed by atoms with Crippen LogP contribution in [0.2, 0.25) is 0 Å². The van der Waals surface area contributed by atoms with Crippen LogP contribution in [-0.4, -0.2) is 18.3 Å². The van der Waals surface area contributed by atoms with E-state index in [9.17, 15) is 17.6 Å². The van der Waals surface area contributed by atoms with E-state index in [2.05, 4.69) is 0 Å². The molecule has 0 saturated carbocycles. The van der Waals surface area contributed by atoms with Crippen LogP contribution in [0.25, 0.3) is 0 Å². The molecule has 1 aromatic rings. The smallest absolute Gasteiger partial charge is 0.399 e. The average molecular weight is 304 g/mol. The number of hydrogen-bond donors (Lipinski definition) is 0. The van der Waals surface area contributed by atoms with Crippen LogP contribution in [0.1, 0.15) is 38.8 Å². The monoisotopic (exact) mass is 304 g/mol. The second-order valence-corrected chi connectivity index (χ2v) is 6.27. The number of benzene rings is 1. The van der Waals surface area contributed by atoms with Gasteiger partial charge in [-0.1, -0.05) is 0 Å². The Morgan fingerprint density at radius 3 is 1.86 bits per heavy atom. The van der Waals surface area contributed by atoms with Gasteiger partial charge in [0.1, 0.15) is 5.82 Å². The van der Waals surface area contributed by atoms with Gasteiger partial charge in [-0.2, -0.15) is 13.2 Å². The minimum Gasteiger partial charge on any atom is -0.399 e. The van der Waals surface area contributed by atoms with Crippen molar-refractivity contribution >= 4 is 12.6 Å². The summed E-state index contributed by atoms with van der Waals surface area (Å²) in [7, 11) is -1.02. The molecule has 116 valence electrons. The number of halogens is 4. The minimum absolute atomic E-state index is 0.0154. The molecule has 0 spiro atoms. The molecule has 0 aromatic heterocycles. The SMILES string of the molecule is Cc1cc(C(F)(F)F)cc(F)c1B1OC(C)(C)C(C)(C)O1. The average Bonchev–Trinajstić information content (AvgIpc) is 2.45. The first-order valence-corrected chi connectivity index (χ1v) is 6.58. The number of hydrogen-bond acceptors (Lipinski definition) is 2. The molecule has 21 heavy (non-hydrogen) atoms. The molecule has 1 aliphatic heterocycles. The molecular formula is C14H17BF4O2. The Hall–Kier alpha value is -1.08. The van der Waals surface area contributed by atoms with Gasteiger partial charge in [0.25, 0.3) is 0 Å². The van der Waals surface area contributed by atoms with E-state index in [1.165, 1.54) is 6.92 Å². The first-order chi connectivity index (χ1) is 9.35. The molecule has 1 aliphatic rings. The molecule has 2 rings (SSSR count). The molecule has 1 heterocycles. The molecule has 0 aliphatic carbocycles. The molecule has 0 N–H and O–H groups in total. The lowest BCUT2D eigenvalue weighted by Crippen LogP contribution is -2.41. The molecule has 2 nitrogen and oxygen atoms in total. The maximum atomic E-state index is 14.1. The van der Waals surface area contributed by atoms with Gasteiger partial charge in [-0.15, -0.1) is 0 Å². The highest BCUT2D eigenvalue weighted by Gasteiger charge is 2.53. The molecule has 0 bridgehead atoms. The van der Waals surface area contributed by atoms with Gasteiger partial charge in [0, 0.05) is 5.46 Å². The van der Waals surface area contributed by atoms with Crippen molar-refractivity contribution in [3.05, 3.63) is 29.1 Å². The molecule has 1 aromatic carbocycles. The van der Waals surface area contributed by atoms with Crippen LogP contribution in [0.3, 0.4) is 0 Å². The van der Waals surface area contributed by atoms with Crippen molar-refractivity contribution in [3.8, 4) is 0 Å². The molecule has 0 amide bonds. The summed E-state index contributed by atoms with van der Waals surface area (Å²) in [4.78, 5) is 0. The summed E-state index contributed by atoms with van der Waals surface area (Å²) in [6.07, 6.45) is -4.58. The Bertz CT molecular complexity index is 528. The Balaban J connectivity index is 2.44. The summed E-state index contributed by atoms with van der Waals surface area (Å²) in [6.45, 7) is 8.60. The van der Waals surface area contributed by atoms with Crippen molar-refractivity contribution in [1.29, 1.82) is 0 Å². The van der Waals surface area contributed by atoms with Crippen LogP contribution in [0.15, 0.2) is 12.1 Å². The third kappa shape index (κ3) is 2.81. The quantitative estimate of drug-likeness (QED) is 0.584. The molecule has 0 atom stereocenters. The number of alkyl halides is 3. The Morgan fingerprint density at radius 1 is 1.00 bits per heavy atom. The summed E-state index contributed by atoms with van der Waals surface area (Å²) < 4.78 is 63.5. The fourth-order valence-electron chi connectivity index (χ4n) is 2.18. The molecule has 7 heteroatoms.